The first-order valence-electron chi connectivity index (χ1n) is 14.8. The van der Waals surface area contributed by atoms with Gasteiger partial charge in [-0.2, -0.15) is 28.4 Å². The molecule has 242 valence electrons. The van der Waals surface area contributed by atoms with E-state index in [1.54, 1.807) is 7.11 Å². The predicted molar refractivity (Wildman–Crippen MR) is 162 cm³/mol. The standard InChI is InChI=1S/C31H29F5N6O3S/c1-43-30(6-8-44-9-7-30)14-45-29-40-25-18(28(41-29)42-12-15-2-3-16(13-42)39-15)10-20(31(34,35)36)23(24(25)33)17-4-5-21(32)26-22(17)19(11-37)27(38)46-26/h4-5,10,15-16,39H,2-3,6-9,12-14,38H2,1H3. The molecular weight excluding hydrogens is 631 g/mol. The van der Waals surface area contributed by atoms with Gasteiger partial charge in [-0.1, -0.05) is 6.07 Å². The Bertz CT molecular complexity index is 1880. The van der Waals surface area contributed by atoms with E-state index >= 15 is 4.39 Å². The van der Waals surface area contributed by atoms with Crippen molar-refractivity contribution < 1.29 is 36.2 Å². The molecule has 0 aliphatic carbocycles. The molecule has 2 atom stereocenters. The van der Waals surface area contributed by atoms with Gasteiger partial charge in [0.05, 0.1) is 15.8 Å². The van der Waals surface area contributed by atoms with E-state index in [9.17, 15) is 22.8 Å². The van der Waals surface area contributed by atoms with Gasteiger partial charge in [-0.3, -0.25) is 0 Å². The van der Waals surface area contributed by atoms with Crippen LogP contribution in [0.1, 0.15) is 36.8 Å². The van der Waals surface area contributed by atoms with Gasteiger partial charge in [0.2, 0.25) is 0 Å². The number of nitrogens with one attached hydrogen (secondary N) is 1. The average molecular weight is 661 g/mol. The number of methoxy groups -OCH3 is 1. The number of anilines is 2. The van der Waals surface area contributed by atoms with Gasteiger partial charge in [-0.25, -0.2) is 8.78 Å². The summed E-state index contributed by atoms with van der Waals surface area (Å²) in [6, 6.07) is 4.62. The number of halogens is 5. The molecule has 5 heterocycles. The molecule has 46 heavy (non-hydrogen) atoms. The molecule has 0 spiro atoms. The second kappa shape index (κ2) is 11.4. The highest BCUT2D eigenvalue weighted by Crippen LogP contribution is 2.48. The van der Waals surface area contributed by atoms with Gasteiger partial charge in [0.1, 0.15) is 40.4 Å². The van der Waals surface area contributed by atoms with E-state index in [0.717, 1.165) is 31.0 Å². The molecule has 0 radical (unpaired) electrons. The number of rotatable bonds is 6. The maximum Gasteiger partial charge on any atom is 0.417 e. The van der Waals surface area contributed by atoms with E-state index in [0.29, 0.717) is 50.5 Å². The Morgan fingerprint density at radius 3 is 2.54 bits per heavy atom. The molecule has 15 heteroatoms. The highest BCUT2D eigenvalue weighted by molar-refractivity contribution is 7.23. The Balaban J connectivity index is 1.46. The van der Waals surface area contributed by atoms with Gasteiger partial charge < -0.3 is 30.2 Å². The summed E-state index contributed by atoms with van der Waals surface area (Å²) in [4.78, 5) is 10.7. The van der Waals surface area contributed by atoms with Crippen molar-refractivity contribution in [2.24, 2.45) is 0 Å². The molecule has 2 bridgehead atoms. The lowest BCUT2D eigenvalue weighted by Crippen LogP contribution is -2.51. The fraction of sp³-hybridized carbons (Fsp3) is 0.452. The number of ether oxygens (including phenoxy) is 3. The van der Waals surface area contributed by atoms with Crippen LogP contribution in [0.3, 0.4) is 0 Å². The van der Waals surface area contributed by atoms with Gasteiger partial charge in [-0.15, -0.1) is 11.3 Å². The smallest absolute Gasteiger partial charge is 0.417 e. The van der Waals surface area contributed by atoms with Crippen molar-refractivity contribution in [2.45, 2.75) is 49.5 Å². The van der Waals surface area contributed by atoms with Crippen LogP contribution >= 0.6 is 11.3 Å². The van der Waals surface area contributed by atoms with Crippen molar-refractivity contribution in [2.75, 3.05) is 50.7 Å². The molecule has 4 aromatic rings. The SMILES string of the molecule is COC1(COc2nc(N3CC4CCC(C3)N4)c3cc(C(F)(F)F)c(-c4ccc(F)c5sc(N)c(C#N)c45)c(F)c3n2)CCOCC1. The summed E-state index contributed by atoms with van der Waals surface area (Å²) in [6.07, 6.45) is -2.19. The van der Waals surface area contributed by atoms with E-state index in [4.69, 9.17) is 19.9 Å². The number of benzene rings is 2. The molecule has 7 rings (SSSR count). The number of hydrogen-bond donors (Lipinski definition) is 2. The molecule has 3 N–H and O–H groups in total. The van der Waals surface area contributed by atoms with Crippen LogP contribution < -0.4 is 20.7 Å². The Labute approximate surface area is 264 Å². The summed E-state index contributed by atoms with van der Waals surface area (Å²) in [5.41, 5.74) is 2.11. The molecule has 2 aromatic heterocycles. The van der Waals surface area contributed by atoms with Crippen molar-refractivity contribution in [1.29, 1.82) is 5.26 Å². The summed E-state index contributed by atoms with van der Waals surface area (Å²) in [5.74, 6) is -1.97. The summed E-state index contributed by atoms with van der Waals surface area (Å²) in [5, 5.41) is 12.8. The summed E-state index contributed by atoms with van der Waals surface area (Å²) in [7, 11) is 1.55. The van der Waals surface area contributed by atoms with Gasteiger partial charge in [0.25, 0.3) is 0 Å². The van der Waals surface area contributed by atoms with E-state index in [-0.39, 0.29) is 62.1 Å². The fourth-order valence-electron chi connectivity index (χ4n) is 6.81. The third kappa shape index (κ3) is 5.17. The van der Waals surface area contributed by atoms with Crippen molar-refractivity contribution in [3.8, 4) is 23.2 Å². The number of alkyl halides is 3. The lowest BCUT2D eigenvalue weighted by molar-refractivity contribution is -0.137. The first-order valence-corrected chi connectivity index (χ1v) is 15.6. The molecule has 3 aliphatic heterocycles. The lowest BCUT2D eigenvalue weighted by atomic mass is 9.92. The number of nitrogen functional groups attached to an aromatic ring is 1. The van der Waals surface area contributed by atoms with Crippen LogP contribution in [-0.4, -0.2) is 67.7 Å². The minimum Gasteiger partial charge on any atom is -0.460 e. The number of thiophene rings is 1. The Hall–Kier alpha value is -3.84. The quantitative estimate of drug-likeness (QED) is 0.248. The Kier molecular flexibility index (Phi) is 7.66. The monoisotopic (exact) mass is 660 g/mol. The number of fused-ring (bicyclic) bond motifs is 4. The van der Waals surface area contributed by atoms with Gasteiger partial charge in [-0.05, 0) is 30.5 Å². The highest BCUT2D eigenvalue weighted by atomic mass is 32.1. The lowest BCUT2D eigenvalue weighted by Gasteiger charge is -2.36. The van der Waals surface area contributed by atoms with Gasteiger partial charge >= 0.3 is 12.2 Å². The van der Waals surface area contributed by atoms with Crippen LogP contribution in [0.15, 0.2) is 18.2 Å². The van der Waals surface area contributed by atoms with Gasteiger partial charge in [0.15, 0.2) is 5.82 Å². The minimum atomic E-state index is -5.04. The van der Waals surface area contributed by atoms with Crippen molar-refractivity contribution in [3.63, 3.8) is 0 Å². The van der Waals surface area contributed by atoms with E-state index in [1.165, 1.54) is 0 Å². The zero-order valence-corrected chi connectivity index (χ0v) is 25.5. The normalized spacial score (nSPS) is 21.2. The highest BCUT2D eigenvalue weighted by Gasteiger charge is 2.40. The molecule has 3 fully saturated rings. The van der Waals surface area contributed by atoms with Crippen LogP contribution in [0.4, 0.5) is 32.8 Å². The first-order chi connectivity index (χ1) is 22.0. The van der Waals surface area contributed by atoms with E-state index in [2.05, 4.69) is 15.3 Å². The van der Waals surface area contributed by atoms with Crippen molar-refractivity contribution >= 4 is 43.1 Å². The molecule has 2 aromatic carbocycles. The Morgan fingerprint density at radius 2 is 1.89 bits per heavy atom. The molecule has 9 nitrogen and oxygen atoms in total. The molecule has 3 saturated heterocycles. The number of nitrogens with zero attached hydrogens (tertiary/aromatic N) is 4. The summed E-state index contributed by atoms with van der Waals surface area (Å²) in [6.45, 7) is 1.81. The summed E-state index contributed by atoms with van der Waals surface area (Å²) < 4.78 is 93.4. The number of piperazine rings is 1. The zero-order valence-electron chi connectivity index (χ0n) is 24.6. The van der Waals surface area contributed by atoms with Crippen molar-refractivity contribution in [3.05, 3.63) is 41.0 Å². The number of aromatic nitrogens is 2. The van der Waals surface area contributed by atoms with Crippen LogP contribution in [0.5, 0.6) is 6.01 Å². The number of nitrogens with two attached hydrogens (primary N) is 1. The van der Waals surface area contributed by atoms with Crippen LogP contribution in [0, 0.1) is 23.0 Å². The molecule has 0 amide bonds. The molecule has 2 unspecified atom stereocenters. The largest absolute Gasteiger partial charge is 0.460 e. The van der Waals surface area contributed by atoms with E-state index < -0.39 is 40.1 Å². The maximum atomic E-state index is 16.9. The third-order valence-corrected chi connectivity index (χ3v) is 10.2. The topological polar surface area (TPSA) is 119 Å². The fourth-order valence-corrected chi connectivity index (χ4v) is 7.76. The second-order valence-corrected chi connectivity index (χ2v) is 13.0. The summed E-state index contributed by atoms with van der Waals surface area (Å²) >= 11 is 0.711. The molecular formula is C31H29F5N6O3S. The number of hydrogen-bond acceptors (Lipinski definition) is 10. The second-order valence-electron chi connectivity index (χ2n) is 11.9. The number of nitriles is 1. The third-order valence-electron chi connectivity index (χ3n) is 9.21. The van der Waals surface area contributed by atoms with Crippen LogP contribution in [0.2, 0.25) is 0 Å². The van der Waals surface area contributed by atoms with E-state index in [1.807, 2.05) is 11.0 Å². The molecule has 0 saturated carbocycles. The predicted octanol–water partition coefficient (Wildman–Crippen LogP) is 5.78. The van der Waals surface area contributed by atoms with Gasteiger partial charge in [0, 0.05) is 74.7 Å². The Morgan fingerprint density at radius 1 is 1.17 bits per heavy atom. The maximum absolute atomic E-state index is 16.9. The van der Waals surface area contributed by atoms with Crippen molar-refractivity contribution in [1.82, 2.24) is 15.3 Å². The average Bonchev–Trinajstić information content (AvgIpc) is 3.57. The minimum absolute atomic E-state index is 0.0119. The first kappa shape index (κ1) is 30.8. The molecule has 3 aliphatic rings. The van der Waals surface area contributed by atoms with Crippen LogP contribution in [0.25, 0.3) is 32.1 Å². The zero-order chi connectivity index (χ0) is 32.4. The van der Waals surface area contributed by atoms with Crippen LogP contribution in [-0.2, 0) is 15.7 Å².